The van der Waals surface area contributed by atoms with Gasteiger partial charge in [0.25, 0.3) is 0 Å². The summed E-state index contributed by atoms with van der Waals surface area (Å²) in [5, 5.41) is 4.02. The number of thiazole rings is 1. The molecule has 0 saturated carbocycles. The summed E-state index contributed by atoms with van der Waals surface area (Å²) in [6.45, 7) is 1.97. The number of carbonyl (C=O) groups excluding carboxylic acids is 1. The molecule has 0 aliphatic heterocycles. The molecule has 0 spiro atoms. The average Bonchev–Trinajstić information content (AvgIpc) is 3.06. The van der Waals surface area contributed by atoms with Gasteiger partial charge in [0.15, 0.2) is 5.13 Å². The van der Waals surface area contributed by atoms with Crippen molar-refractivity contribution in [3.63, 3.8) is 0 Å². The molecule has 3 rings (SSSR count). The molecule has 1 aromatic heterocycles. The lowest BCUT2D eigenvalue weighted by atomic mass is 10.1. The Morgan fingerprint density at radius 1 is 1.14 bits per heavy atom. The number of nitrogens with zero attached hydrogens (tertiary/aromatic N) is 1. The first-order valence-electron chi connectivity index (χ1n) is 8.44. The highest BCUT2D eigenvalue weighted by Gasteiger charge is 2.11. The molecule has 0 atom stereocenters. The van der Waals surface area contributed by atoms with Gasteiger partial charge in [-0.05, 0) is 37.3 Å². The van der Waals surface area contributed by atoms with Gasteiger partial charge in [0.2, 0.25) is 5.91 Å². The van der Waals surface area contributed by atoms with Crippen LogP contribution < -0.4 is 14.8 Å². The van der Waals surface area contributed by atoms with E-state index in [0.29, 0.717) is 21.7 Å². The van der Waals surface area contributed by atoms with Crippen molar-refractivity contribution >= 4 is 40.1 Å². The molecule has 0 fully saturated rings. The van der Waals surface area contributed by atoms with Crippen LogP contribution >= 0.6 is 22.9 Å². The predicted octanol–water partition coefficient (Wildman–Crippen LogP) is 5.44. The van der Waals surface area contributed by atoms with Gasteiger partial charge in [0, 0.05) is 33.2 Å². The minimum Gasteiger partial charge on any atom is -0.497 e. The Labute approximate surface area is 172 Å². The summed E-state index contributed by atoms with van der Waals surface area (Å²) in [5.74, 6) is 1.04. The van der Waals surface area contributed by atoms with Crippen LogP contribution in [0.4, 0.5) is 5.13 Å². The first kappa shape index (κ1) is 19.9. The Morgan fingerprint density at radius 3 is 2.57 bits per heavy atom. The Balaban J connectivity index is 1.73. The number of halogens is 1. The third kappa shape index (κ3) is 4.71. The molecule has 0 saturated heterocycles. The van der Waals surface area contributed by atoms with Crippen molar-refractivity contribution in [3.05, 3.63) is 64.0 Å². The van der Waals surface area contributed by atoms with Gasteiger partial charge in [0.05, 0.1) is 19.9 Å². The first-order valence-corrected chi connectivity index (χ1v) is 9.64. The molecule has 28 heavy (non-hydrogen) atoms. The summed E-state index contributed by atoms with van der Waals surface area (Å²) in [6, 6.07) is 12.9. The molecule has 0 radical (unpaired) electrons. The first-order chi connectivity index (χ1) is 13.5. The highest BCUT2D eigenvalue weighted by atomic mass is 35.5. The van der Waals surface area contributed by atoms with E-state index in [0.717, 1.165) is 21.7 Å². The Hall–Kier alpha value is -2.83. The summed E-state index contributed by atoms with van der Waals surface area (Å²) in [5.41, 5.74) is 2.56. The number of rotatable bonds is 6. The standard InChI is InChI=1S/C21H19ClN2O3S/c1-13-20(15-4-8-16(22)9-5-15)24-21(28-13)23-19(25)11-7-14-6-10-17(26-2)12-18(14)27-3/h4-12H,1-3H3,(H,23,24,25). The maximum absolute atomic E-state index is 12.3. The predicted molar refractivity (Wildman–Crippen MR) is 115 cm³/mol. The second kappa shape index (κ2) is 8.91. The van der Waals surface area contributed by atoms with Crippen LogP contribution in [0.5, 0.6) is 11.5 Å². The van der Waals surface area contributed by atoms with Crippen LogP contribution in [0.1, 0.15) is 10.4 Å². The number of hydrogen-bond acceptors (Lipinski definition) is 5. The number of nitrogens with one attached hydrogen (secondary N) is 1. The molecule has 1 N–H and O–H groups in total. The van der Waals surface area contributed by atoms with Crippen molar-refractivity contribution < 1.29 is 14.3 Å². The van der Waals surface area contributed by atoms with E-state index in [1.165, 1.54) is 17.4 Å². The zero-order chi connectivity index (χ0) is 20.1. The molecule has 3 aromatic rings. The fourth-order valence-electron chi connectivity index (χ4n) is 2.59. The van der Waals surface area contributed by atoms with Gasteiger partial charge in [-0.2, -0.15) is 0 Å². The van der Waals surface area contributed by atoms with E-state index in [1.807, 2.05) is 43.3 Å². The number of benzene rings is 2. The molecular formula is C21H19ClN2O3S. The van der Waals surface area contributed by atoms with Gasteiger partial charge in [-0.1, -0.05) is 23.7 Å². The van der Waals surface area contributed by atoms with Crippen molar-refractivity contribution in [2.24, 2.45) is 0 Å². The Kier molecular flexibility index (Phi) is 6.34. The Morgan fingerprint density at radius 2 is 1.89 bits per heavy atom. The van der Waals surface area contributed by atoms with Crippen molar-refractivity contribution in [3.8, 4) is 22.8 Å². The van der Waals surface area contributed by atoms with Crippen LogP contribution in [0.25, 0.3) is 17.3 Å². The largest absolute Gasteiger partial charge is 0.497 e. The molecule has 0 unspecified atom stereocenters. The van der Waals surface area contributed by atoms with Gasteiger partial charge in [-0.25, -0.2) is 4.98 Å². The number of aryl methyl sites for hydroxylation is 1. The van der Waals surface area contributed by atoms with Gasteiger partial charge in [0.1, 0.15) is 11.5 Å². The molecule has 5 nitrogen and oxygen atoms in total. The number of aromatic nitrogens is 1. The second-order valence-electron chi connectivity index (χ2n) is 5.86. The maximum atomic E-state index is 12.3. The van der Waals surface area contributed by atoms with E-state index in [2.05, 4.69) is 10.3 Å². The van der Waals surface area contributed by atoms with Crippen molar-refractivity contribution in [1.82, 2.24) is 4.98 Å². The zero-order valence-corrected chi connectivity index (χ0v) is 17.2. The van der Waals surface area contributed by atoms with Crippen LogP contribution in [-0.2, 0) is 4.79 Å². The molecular weight excluding hydrogens is 396 g/mol. The Bertz CT molecular complexity index is 1010. The minimum absolute atomic E-state index is 0.269. The van der Waals surface area contributed by atoms with Crippen LogP contribution in [0.2, 0.25) is 5.02 Å². The highest BCUT2D eigenvalue weighted by Crippen LogP contribution is 2.31. The molecule has 1 amide bonds. The van der Waals surface area contributed by atoms with Crippen LogP contribution in [0.15, 0.2) is 48.5 Å². The number of carbonyl (C=O) groups is 1. The summed E-state index contributed by atoms with van der Waals surface area (Å²) >= 11 is 7.36. The van der Waals surface area contributed by atoms with Gasteiger partial charge < -0.3 is 9.47 Å². The number of ether oxygens (including phenoxy) is 2. The summed E-state index contributed by atoms with van der Waals surface area (Å²) in [6.07, 6.45) is 3.14. The van der Waals surface area contributed by atoms with Crippen molar-refractivity contribution in [2.75, 3.05) is 19.5 Å². The normalized spacial score (nSPS) is 10.9. The lowest BCUT2D eigenvalue weighted by Crippen LogP contribution is -2.07. The highest BCUT2D eigenvalue weighted by molar-refractivity contribution is 7.16. The van der Waals surface area contributed by atoms with Crippen molar-refractivity contribution in [2.45, 2.75) is 6.92 Å². The molecule has 0 bridgehead atoms. The van der Waals surface area contributed by atoms with Gasteiger partial charge in [-0.3, -0.25) is 10.1 Å². The second-order valence-corrected chi connectivity index (χ2v) is 7.50. The third-order valence-electron chi connectivity index (χ3n) is 4.00. The SMILES string of the molecule is COc1ccc(C=CC(=O)Nc2nc(-c3ccc(Cl)cc3)c(C)s2)c(OC)c1. The topological polar surface area (TPSA) is 60.5 Å². The molecule has 2 aromatic carbocycles. The summed E-state index contributed by atoms with van der Waals surface area (Å²) in [7, 11) is 3.16. The number of hydrogen-bond donors (Lipinski definition) is 1. The molecule has 1 heterocycles. The van der Waals surface area contributed by atoms with Crippen molar-refractivity contribution in [1.29, 1.82) is 0 Å². The van der Waals surface area contributed by atoms with Crippen LogP contribution in [0.3, 0.4) is 0 Å². The minimum atomic E-state index is -0.269. The van der Waals surface area contributed by atoms with Crippen LogP contribution in [0, 0.1) is 6.92 Å². The fourth-order valence-corrected chi connectivity index (χ4v) is 3.56. The molecule has 0 aliphatic carbocycles. The van der Waals surface area contributed by atoms with E-state index < -0.39 is 0 Å². The van der Waals surface area contributed by atoms with E-state index in [4.69, 9.17) is 21.1 Å². The molecule has 0 aliphatic rings. The zero-order valence-electron chi connectivity index (χ0n) is 15.7. The van der Waals surface area contributed by atoms with Crippen LogP contribution in [-0.4, -0.2) is 25.1 Å². The number of methoxy groups -OCH3 is 2. The quantitative estimate of drug-likeness (QED) is 0.545. The smallest absolute Gasteiger partial charge is 0.250 e. The monoisotopic (exact) mass is 414 g/mol. The van der Waals surface area contributed by atoms with E-state index >= 15 is 0 Å². The fraction of sp³-hybridized carbons (Fsp3) is 0.143. The van der Waals surface area contributed by atoms with Gasteiger partial charge >= 0.3 is 0 Å². The lowest BCUT2D eigenvalue weighted by Gasteiger charge is -2.07. The number of amides is 1. The lowest BCUT2D eigenvalue weighted by molar-refractivity contribution is -0.111. The van der Waals surface area contributed by atoms with Gasteiger partial charge in [-0.15, -0.1) is 11.3 Å². The molecule has 7 heteroatoms. The average molecular weight is 415 g/mol. The summed E-state index contributed by atoms with van der Waals surface area (Å²) in [4.78, 5) is 17.8. The summed E-state index contributed by atoms with van der Waals surface area (Å²) < 4.78 is 10.5. The van der Waals surface area contributed by atoms with E-state index in [-0.39, 0.29) is 5.91 Å². The van der Waals surface area contributed by atoms with E-state index in [9.17, 15) is 4.79 Å². The maximum Gasteiger partial charge on any atom is 0.250 e. The van der Waals surface area contributed by atoms with E-state index in [1.54, 1.807) is 26.4 Å². The third-order valence-corrected chi connectivity index (χ3v) is 5.14. The number of anilines is 1. The molecule has 144 valence electrons.